The Hall–Kier alpha value is -2.23. The lowest BCUT2D eigenvalue weighted by Gasteiger charge is -2.37. The van der Waals surface area contributed by atoms with Crippen molar-refractivity contribution in [3.05, 3.63) is 48.2 Å². The molecule has 27 heavy (non-hydrogen) atoms. The number of para-hydroxylation sites is 2. The quantitative estimate of drug-likeness (QED) is 0.395. The number of pyridine rings is 1. The molecule has 7 nitrogen and oxygen atoms in total. The summed E-state index contributed by atoms with van der Waals surface area (Å²) in [6.45, 7) is 4.01. The molecule has 1 aliphatic rings. The van der Waals surface area contributed by atoms with Crippen LogP contribution in [0.15, 0.2) is 47.6 Å². The van der Waals surface area contributed by atoms with Crippen LogP contribution in [0, 0.1) is 0 Å². The normalized spacial score (nSPS) is 14.5. The SMILES string of the molecule is CN=C(NCc1ccc(OC)nc1)N1CCN(c2ccccc2O)CC1.I. The monoisotopic (exact) mass is 483 g/mol. The lowest BCUT2D eigenvalue weighted by Crippen LogP contribution is -2.52. The molecule has 2 heterocycles. The number of aromatic nitrogens is 1. The second kappa shape index (κ2) is 10.2. The zero-order chi connectivity index (χ0) is 18.4. The number of benzene rings is 1. The number of hydrogen-bond donors (Lipinski definition) is 2. The minimum Gasteiger partial charge on any atom is -0.506 e. The van der Waals surface area contributed by atoms with E-state index >= 15 is 0 Å². The second-order valence-electron chi connectivity index (χ2n) is 6.07. The first kappa shape index (κ1) is 21.1. The third kappa shape index (κ3) is 5.38. The van der Waals surface area contributed by atoms with Crippen LogP contribution in [-0.2, 0) is 6.54 Å². The zero-order valence-electron chi connectivity index (χ0n) is 15.6. The van der Waals surface area contributed by atoms with Crippen molar-refractivity contribution in [2.75, 3.05) is 45.2 Å². The molecule has 2 N–H and O–H groups in total. The van der Waals surface area contributed by atoms with Gasteiger partial charge in [-0.05, 0) is 17.7 Å². The molecule has 1 saturated heterocycles. The predicted molar refractivity (Wildman–Crippen MR) is 118 cm³/mol. The average molecular weight is 483 g/mol. The Morgan fingerprint density at radius 3 is 2.52 bits per heavy atom. The van der Waals surface area contributed by atoms with Crippen LogP contribution in [0.2, 0.25) is 0 Å². The Labute approximate surface area is 177 Å². The van der Waals surface area contributed by atoms with Gasteiger partial charge in [-0.25, -0.2) is 4.98 Å². The molecule has 1 aromatic carbocycles. The Balaban J connectivity index is 0.00000261. The highest BCUT2D eigenvalue weighted by Gasteiger charge is 2.21. The summed E-state index contributed by atoms with van der Waals surface area (Å²) in [5.74, 6) is 1.81. The van der Waals surface area contributed by atoms with Gasteiger partial charge in [0.1, 0.15) is 5.75 Å². The molecule has 146 valence electrons. The van der Waals surface area contributed by atoms with Gasteiger partial charge < -0.3 is 25.0 Å². The number of aliphatic imine (C=N–C) groups is 1. The van der Waals surface area contributed by atoms with E-state index in [4.69, 9.17) is 4.74 Å². The molecular weight excluding hydrogens is 457 g/mol. The van der Waals surface area contributed by atoms with E-state index in [-0.39, 0.29) is 24.0 Å². The molecule has 0 bridgehead atoms. The summed E-state index contributed by atoms with van der Waals surface area (Å²) < 4.78 is 5.08. The minimum absolute atomic E-state index is 0. The molecule has 0 spiro atoms. The summed E-state index contributed by atoms with van der Waals surface area (Å²) in [5, 5.41) is 13.4. The van der Waals surface area contributed by atoms with Crippen molar-refractivity contribution >= 4 is 35.6 Å². The third-order valence-electron chi connectivity index (χ3n) is 4.47. The summed E-state index contributed by atoms with van der Waals surface area (Å²) >= 11 is 0. The maximum Gasteiger partial charge on any atom is 0.212 e. The van der Waals surface area contributed by atoms with Crippen LogP contribution in [0.4, 0.5) is 5.69 Å². The number of methoxy groups -OCH3 is 1. The molecular formula is C19H26IN5O2. The molecule has 1 aromatic heterocycles. The van der Waals surface area contributed by atoms with Gasteiger partial charge >= 0.3 is 0 Å². The van der Waals surface area contributed by atoms with Gasteiger partial charge in [0.15, 0.2) is 5.96 Å². The Bertz CT molecular complexity index is 746. The fourth-order valence-corrected chi connectivity index (χ4v) is 3.04. The van der Waals surface area contributed by atoms with E-state index in [0.29, 0.717) is 18.2 Å². The molecule has 0 atom stereocenters. The van der Waals surface area contributed by atoms with Crippen molar-refractivity contribution in [3.8, 4) is 11.6 Å². The molecule has 1 fully saturated rings. The molecule has 2 aromatic rings. The van der Waals surface area contributed by atoms with Gasteiger partial charge in [-0.15, -0.1) is 24.0 Å². The number of guanidine groups is 1. The van der Waals surface area contributed by atoms with Crippen molar-refractivity contribution in [2.45, 2.75) is 6.54 Å². The molecule has 0 unspecified atom stereocenters. The number of piperazine rings is 1. The lowest BCUT2D eigenvalue weighted by molar-refractivity contribution is 0.369. The van der Waals surface area contributed by atoms with E-state index in [1.807, 2.05) is 30.3 Å². The van der Waals surface area contributed by atoms with Gasteiger partial charge in [0.25, 0.3) is 0 Å². The van der Waals surface area contributed by atoms with Gasteiger partial charge in [-0.1, -0.05) is 18.2 Å². The van der Waals surface area contributed by atoms with Gasteiger partial charge in [-0.3, -0.25) is 4.99 Å². The van der Waals surface area contributed by atoms with Gasteiger partial charge in [-0.2, -0.15) is 0 Å². The van der Waals surface area contributed by atoms with Crippen LogP contribution < -0.4 is 15.0 Å². The Morgan fingerprint density at radius 2 is 1.93 bits per heavy atom. The summed E-state index contributed by atoms with van der Waals surface area (Å²) in [6.07, 6.45) is 1.80. The number of anilines is 1. The molecule has 0 radical (unpaired) electrons. The van der Waals surface area contributed by atoms with Crippen LogP contribution in [0.3, 0.4) is 0 Å². The first-order chi connectivity index (χ1) is 12.7. The second-order valence-corrected chi connectivity index (χ2v) is 6.07. The topological polar surface area (TPSA) is 73.2 Å². The summed E-state index contributed by atoms with van der Waals surface area (Å²) in [7, 11) is 3.40. The van der Waals surface area contributed by atoms with Gasteiger partial charge in [0.2, 0.25) is 5.88 Å². The van der Waals surface area contributed by atoms with E-state index in [0.717, 1.165) is 43.4 Å². The van der Waals surface area contributed by atoms with E-state index in [9.17, 15) is 5.11 Å². The number of nitrogens with zero attached hydrogens (tertiary/aromatic N) is 4. The van der Waals surface area contributed by atoms with Crippen molar-refractivity contribution < 1.29 is 9.84 Å². The number of nitrogens with one attached hydrogen (secondary N) is 1. The predicted octanol–water partition coefficient (Wildman–Crippen LogP) is 2.31. The van der Waals surface area contributed by atoms with E-state index in [1.165, 1.54) is 0 Å². The maximum atomic E-state index is 10.0. The Morgan fingerprint density at radius 1 is 1.19 bits per heavy atom. The largest absolute Gasteiger partial charge is 0.506 e. The first-order valence-corrected chi connectivity index (χ1v) is 8.68. The van der Waals surface area contributed by atoms with E-state index in [2.05, 4.69) is 25.1 Å². The molecule has 3 rings (SSSR count). The number of phenols is 1. The minimum atomic E-state index is 0. The van der Waals surface area contributed by atoms with Crippen LogP contribution in [0.25, 0.3) is 0 Å². The van der Waals surface area contributed by atoms with Crippen LogP contribution >= 0.6 is 24.0 Å². The molecule has 1 aliphatic heterocycles. The van der Waals surface area contributed by atoms with Crippen LogP contribution in [0.1, 0.15) is 5.56 Å². The van der Waals surface area contributed by atoms with E-state index in [1.54, 1.807) is 26.4 Å². The third-order valence-corrected chi connectivity index (χ3v) is 4.47. The fourth-order valence-electron chi connectivity index (χ4n) is 3.04. The maximum absolute atomic E-state index is 10.0. The van der Waals surface area contributed by atoms with Crippen molar-refractivity contribution in [1.82, 2.24) is 15.2 Å². The molecule has 0 aliphatic carbocycles. The summed E-state index contributed by atoms with van der Waals surface area (Å²) in [6, 6.07) is 11.3. The first-order valence-electron chi connectivity index (χ1n) is 8.68. The van der Waals surface area contributed by atoms with Crippen molar-refractivity contribution in [2.24, 2.45) is 4.99 Å². The van der Waals surface area contributed by atoms with Crippen LogP contribution in [-0.4, -0.2) is 61.3 Å². The highest BCUT2D eigenvalue weighted by atomic mass is 127. The number of phenolic OH excluding ortho intramolecular Hbond substituents is 1. The van der Waals surface area contributed by atoms with Crippen molar-refractivity contribution in [1.29, 1.82) is 0 Å². The number of hydrogen-bond acceptors (Lipinski definition) is 5. The fraction of sp³-hybridized carbons (Fsp3) is 0.368. The van der Waals surface area contributed by atoms with Gasteiger partial charge in [0.05, 0.1) is 12.8 Å². The zero-order valence-corrected chi connectivity index (χ0v) is 18.0. The number of aromatic hydroxyl groups is 1. The smallest absolute Gasteiger partial charge is 0.212 e. The van der Waals surface area contributed by atoms with E-state index < -0.39 is 0 Å². The number of rotatable bonds is 4. The lowest BCUT2D eigenvalue weighted by atomic mass is 10.2. The van der Waals surface area contributed by atoms with Crippen LogP contribution in [0.5, 0.6) is 11.6 Å². The summed E-state index contributed by atoms with van der Waals surface area (Å²) in [5.41, 5.74) is 1.96. The number of halogens is 1. The molecule has 0 saturated carbocycles. The standard InChI is InChI=1S/C19H25N5O2.HI/c1-20-19(22-14-15-7-8-18(26-2)21-13-15)24-11-9-23(10-12-24)16-5-3-4-6-17(16)25;/h3-8,13,25H,9-12,14H2,1-2H3,(H,20,22);1H. The van der Waals surface area contributed by atoms with Gasteiger partial charge in [0, 0.05) is 52.0 Å². The Kier molecular flexibility index (Phi) is 7.96. The summed E-state index contributed by atoms with van der Waals surface area (Å²) in [4.78, 5) is 13.0. The molecule has 8 heteroatoms. The molecule has 0 amide bonds. The van der Waals surface area contributed by atoms with Crippen molar-refractivity contribution in [3.63, 3.8) is 0 Å². The highest BCUT2D eigenvalue weighted by molar-refractivity contribution is 14.0. The number of ether oxygens (including phenoxy) is 1. The highest BCUT2D eigenvalue weighted by Crippen LogP contribution is 2.27. The average Bonchev–Trinajstić information content (AvgIpc) is 2.70.